The number of rotatable bonds is 4. The van der Waals surface area contributed by atoms with Gasteiger partial charge in [-0.3, -0.25) is 4.79 Å². The number of sulfonamides is 1. The Morgan fingerprint density at radius 1 is 1.04 bits per heavy atom. The van der Waals surface area contributed by atoms with E-state index in [0.29, 0.717) is 12.3 Å². The molecule has 0 aromatic heterocycles. The highest BCUT2D eigenvalue weighted by Gasteiger charge is 2.65. The minimum Gasteiger partial charge on any atom is -0.299 e. The predicted octanol–water partition coefficient (Wildman–Crippen LogP) is 3.41. The molecule has 0 saturated heterocycles. The Morgan fingerprint density at radius 2 is 1.65 bits per heavy atom. The van der Waals surface area contributed by atoms with E-state index in [1.807, 2.05) is 0 Å². The molecule has 3 aliphatic carbocycles. The van der Waals surface area contributed by atoms with Crippen LogP contribution in [0.25, 0.3) is 0 Å². The van der Waals surface area contributed by atoms with Crippen molar-refractivity contribution in [1.82, 2.24) is 4.72 Å². The molecule has 0 amide bonds. The van der Waals surface area contributed by atoms with Crippen LogP contribution in [0.4, 0.5) is 0 Å². The maximum Gasteiger partial charge on any atom is 0.212 e. The quantitative estimate of drug-likeness (QED) is 0.852. The second-order valence-electron chi connectivity index (χ2n) is 8.59. The number of Topliss-reactive ketones (excluding diaryl/α,β-unsaturated/α-hetero) is 1. The topological polar surface area (TPSA) is 63.2 Å². The zero-order chi connectivity index (χ0) is 16.7. The molecular formula is C18H31NO3S. The fraction of sp³-hybridized carbons (Fsp3) is 0.944. The molecule has 132 valence electrons. The summed E-state index contributed by atoms with van der Waals surface area (Å²) in [5.41, 5.74) is -0.828. The minimum atomic E-state index is -3.41. The molecule has 0 heterocycles. The molecule has 2 bridgehead atoms. The zero-order valence-electron chi connectivity index (χ0n) is 14.6. The second-order valence-corrected chi connectivity index (χ2v) is 10.3. The van der Waals surface area contributed by atoms with Gasteiger partial charge < -0.3 is 0 Å². The third-order valence-corrected chi connectivity index (χ3v) is 8.59. The van der Waals surface area contributed by atoms with Crippen LogP contribution in [0.5, 0.6) is 0 Å². The molecule has 0 aromatic carbocycles. The van der Waals surface area contributed by atoms with E-state index >= 15 is 0 Å². The van der Waals surface area contributed by atoms with E-state index in [4.69, 9.17) is 0 Å². The van der Waals surface area contributed by atoms with Crippen molar-refractivity contribution < 1.29 is 13.2 Å². The first-order valence-electron chi connectivity index (χ1n) is 9.30. The minimum absolute atomic E-state index is 0.00116. The van der Waals surface area contributed by atoms with E-state index in [2.05, 4.69) is 18.6 Å². The molecule has 0 aliphatic heterocycles. The Hall–Kier alpha value is -0.420. The van der Waals surface area contributed by atoms with Gasteiger partial charge in [0.25, 0.3) is 0 Å². The zero-order valence-corrected chi connectivity index (χ0v) is 15.4. The smallest absolute Gasteiger partial charge is 0.212 e. The Morgan fingerprint density at radius 3 is 2.17 bits per heavy atom. The van der Waals surface area contributed by atoms with E-state index in [-0.39, 0.29) is 23.0 Å². The second kappa shape index (κ2) is 6.14. The van der Waals surface area contributed by atoms with Gasteiger partial charge in [-0.2, -0.15) is 0 Å². The highest BCUT2D eigenvalue weighted by atomic mass is 32.2. The van der Waals surface area contributed by atoms with Crippen molar-refractivity contribution in [3.05, 3.63) is 0 Å². The Bertz CT molecular complexity index is 561. The SMILES string of the molecule is CC1(C)[C@@H]2CC[C@@]1(CS(=O)(=O)NC1CCCCCCC1)C(=O)C2. The monoisotopic (exact) mass is 341 g/mol. The van der Waals surface area contributed by atoms with Crippen LogP contribution >= 0.6 is 0 Å². The summed E-state index contributed by atoms with van der Waals surface area (Å²) in [5.74, 6) is 0.548. The fourth-order valence-corrected chi connectivity index (χ4v) is 7.46. The summed E-state index contributed by atoms with van der Waals surface area (Å²) in [5, 5.41) is 0. The molecule has 4 nitrogen and oxygen atoms in total. The lowest BCUT2D eigenvalue weighted by atomic mass is 9.70. The van der Waals surface area contributed by atoms with Crippen molar-refractivity contribution in [3.8, 4) is 0 Å². The van der Waals surface area contributed by atoms with Crippen molar-refractivity contribution in [2.75, 3.05) is 5.75 Å². The number of hydrogen-bond acceptors (Lipinski definition) is 3. The van der Waals surface area contributed by atoms with E-state index < -0.39 is 15.4 Å². The first-order chi connectivity index (χ1) is 10.8. The largest absolute Gasteiger partial charge is 0.299 e. The van der Waals surface area contributed by atoms with Crippen LogP contribution in [0.3, 0.4) is 0 Å². The first-order valence-corrected chi connectivity index (χ1v) is 11.0. The van der Waals surface area contributed by atoms with Gasteiger partial charge in [0.2, 0.25) is 10.0 Å². The summed E-state index contributed by atoms with van der Waals surface area (Å²) in [6, 6.07) is 0.0634. The first kappa shape index (κ1) is 17.4. The van der Waals surface area contributed by atoms with Gasteiger partial charge in [0.05, 0.1) is 5.75 Å². The van der Waals surface area contributed by atoms with Crippen molar-refractivity contribution in [2.45, 2.75) is 84.1 Å². The number of carbonyl (C=O) groups is 1. The maximum absolute atomic E-state index is 12.8. The van der Waals surface area contributed by atoms with Gasteiger partial charge in [-0.1, -0.05) is 46.0 Å². The molecular weight excluding hydrogens is 310 g/mol. The third-order valence-electron chi connectivity index (χ3n) is 7.03. The molecule has 1 N–H and O–H groups in total. The Balaban J connectivity index is 1.72. The standard InChI is InChI=1S/C18H31NO3S/c1-17(2)14-10-11-18(17,16(20)12-14)13-23(21,22)19-15-8-6-4-3-5-7-9-15/h14-15,19H,3-13H2,1-2H3/t14-,18-/m1/s1. The summed E-state index contributed by atoms with van der Waals surface area (Å²) >= 11 is 0. The van der Waals surface area contributed by atoms with Gasteiger partial charge >= 0.3 is 0 Å². The number of carbonyl (C=O) groups excluding carboxylic acids is 1. The lowest BCUT2D eigenvalue weighted by Crippen LogP contribution is -2.47. The van der Waals surface area contributed by atoms with Crippen molar-refractivity contribution in [2.24, 2.45) is 16.7 Å². The Kier molecular flexibility index (Phi) is 4.65. The molecule has 0 radical (unpaired) electrons. The molecule has 3 rings (SSSR count). The maximum atomic E-state index is 12.8. The van der Waals surface area contributed by atoms with E-state index in [0.717, 1.165) is 38.5 Å². The third kappa shape index (κ3) is 3.11. The molecule has 3 saturated carbocycles. The number of nitrogens with one attached hydrogen (secondary N) is 1. The molecule has 0 unspecified atom stereocenters. The van der Waals surface area contributed by atoms with Crippen molar-refractivity contribution in [1.29, 1.82) is 0 Å². The van der Waals surface area contributed by atoms with E-state index in [9.17, 15) is 13.2 Å². The van der Waals surface area contributed by atoms with Gasteiger partial charge in [-0.15, -0.1) is 0 Å². The van der Waals surface area contributed by atoms with Crippen molar-refractivity contribution >= 4 is 15.8 Å². The van der Waals surface area contributed by atoms with Gasteiger partial charge in [0.15, 0.2) is 0 Å². The molecule has 3 aliphatic rings. The van der Waals surface area contributed by atoms with Gasteiger partial charge in [0.1, 0.15) is 5.78 Å². The normalized spacial score (nSPS) is 35.2. The molecule has 2 atom stereocenters. The van der Waals surface area contributed by atoms with E-state index in [1.165, 1.54) is 19.3 Å². The molecule has 5 heteroatoms. The van der Waals surface area contributed by atoms with Crippen LogP contribution in [-0.4, -0.2) is 26.0 Å². The van der Waals surface area contributed by atoms with Crippen LogP contribution in [-0.2, 0) is 14.8 Å². The molecule has 0 aromatic rings. The summed E-state index contributed by atoms with van der Waals surface area (Å²) in [7, 11) is -3.41. The van der Waals surface area contributed by atoms with Crippen LogP contribution in [0, 0.1) is 16.7 Å². The average molecular weight is 342 g/mol. The molecule has 0 spiro atoms. The average Bonchev–Trinajstić information content (AvgIpc) is 2.75. The van der Waals surface area contributed by atoms with Crippen LogP contribution < -0.4 is 4.72 Å². The summed E-state index contributed by atoms with van der Waals surface area (Å²) in [6.45, 7) is 4.20. The summed E-state index contributed by atoms with van der Waals surface area (Å²) < 4.78 is 28.6. The number of fused-ring (bicyclic) bond motifs is 2. The lowest BCUT2D eigenvalue weighted by molar-refractivity contribution is -0.128. The van der Waals surface area contributed by atoms with Gasteiger partial charge in [-0.05, 0) is 37.0 Å². The lowest BCUT2D eigenvalue weighted by Gasteiger charge is -2.36. The van der Waals surface area contributed by atoms with Crippen LogP contribution in [0.2, 0.25) is 0 Å². The molecule has 23 heavy (non-hydrogen) atoms. The van der Waals surface area contributed by atoms with E-state index in [1.54, 1.807) is 0 Å². The summed E-state index contributed by atoms with van der Waals surface area (Å²) in [6.07, 6.45) is 10.1. The summed E-state index contributed by atoms with van der Waals surface area (Å²) in [4.78, 5) is 12.6. The number of ketones is 1. The van der Waals surface area contributed by atoms with Gasteiger partial charge in [-0.25, -0.2) is 13.1 Å². The van der Waals surface area contributed by atoms with Crippen LogP contribution in [0.15, 0.2) is 0 Å². The predicted molar refractivity (Wildman–Crippen MR) is 91.6 cm³/mol. The number of hydrogen-bond donors (Lipinski definition) is 1. The van der Waals surface area contributed by atoms with Crippen molar-refractivity contribution in [3.63, 3.8) is 0 Å². The van der Waals surface area contributed by atoms with Gasteiger partial charge in [0, 0.05) is 17.9 Å². The molecule has 3 fully saturated rings. The fourth-order valence-electron chi connectivity index (χ4n) is 5.30. The van der Waals surface area contributed by atoms with Crippen LogP contribution in [0.1, 0.15) is 78.1 Å². The highest BCUT2D eigenvalue weighted by Crippen LogP contribution is 2.64. The Labute approximate surface area is 140 Å². The highest BCUT2D eigenvalue weighted by molar-refractivity contribution is 7.89.